The maximum Gasteiger partial charge on any atom is 0.161 e. The molecule has 0 fully saturated rings. The van der Waals surface area contributed by atoms with Gasteiger partial charge in [0.15, 0.2) is 5.78 Å². The number of carbonyl (C=O) groups excluding carboxylic acids is 1. The van der Waals surface area contributed by atoms with Crippen LogP contribution in [0.3, 0.4) is 0 Å². The van der Waals surface area contributed by atoms with E-state index < -0.39 is 0 Å². The second-order valence-corrected chi connectivity index (χ2v) is 6.46. The van der Waals surface area contributed by atoms with Gasteiger partial charge in [-0.1, -0.05) is 29.3 Å². The zero-order chi connectivity index (χ0) is 16.3. The highest BCUT2D eigenvalue weighted by Crippen LogP contribution is 2.29. The molecule has 0 N–H and O–H groups in total. The molecule has 1 heterocycles. The molecule has 0 saturated carbocycles. The van der Waals surface area contributed by atoms with Crippen molar-refractivity contribution in [3.8, 4) is 6.07 Å². The highest BCUT2D eigenvalue weighted by molar-refractivity contribution is 7.98. The number of aromatic nitrogens is 1. The number of aryl methyl sites for hydroxylation is 1. The van der Waals surface area contributed by atoms with Crippen LogP contribution in [0.2, 0.25) is 10.0 Å². The Kier molecular flexibility index (Phi) is 5.47. The quantitative estimate of drug-likeness (QED) is 0.570. The summed E-state index contributed by atoms with van der Waals surface area (Å²) in [6.07, 6.45) is 0. The van der Waals surface area contributed by atoms with Gasteiger partial charge in [-0.3, -0.25) is 4.79 Å². The van der Waals surface area contributed by atoms with Crippen LogP contribution >= 0.6 is 35.0 Å². The highest BCUT2D eigenvalue weighted by Gasteiger charge is 2.13. The fourth-order valence-corrected chi connectivity index (χ4v) is 3.18. The molecule has 0 saturated heterocycles. The number of nitriles is 1. The van der Waals surface area contributed by atoms with Gasteiger partial charge in [-0.25, -0.2) is 4.98 Å². The van der Waals surface area contributed by atoms with Crippen molar-refractivity contribution in [2.75, 3.05) is 0 Å². The van der Waals surface area contributed by atoms with Crippen molar-refractivity contribution in [3.05, 3.63) is 56.7 Å². The standard InChI is InChI=1S/C16H12Cl2N2OS/c1-9-13(10(2)21)6-12(7-19)16(20-9)22-8-11-3-4-14(17)15(18)5-11/h3-6H,8H2,1-2H3. The molecule has 0 spiro atoms. The number of hydrogen-bond donors (Lipinski definition) is 0. The number of ketones is 1. The van der Waals surface area contributed by atoms with E-state index in [2.05, 4.69) is 11.1 Å². The van der Waals surface area contributed by atoms with Gasteiger partial charge in [-0.2, -0.15) is 5.26 Å². The van der Waals surface area contributed by atoms with Crippen LogP contribution in [0.25, 0.3) is 0 Å². The van der Waals surface area contributed by atoms with E-state index in [0.717, 1.165) is 5.56 Å². The Morgan fingerprint density at radius 3 is 2.64 bits per heavy atom. The topological polar surface area (TPSA) is 53.8 Å². The molecule has 0 aliphatic heterocycles. The van der Waals surface area contributed by atoms with Crippen LogP contribution in [0, 0.1) is 18.3 Å². The van der Waals surface area contributed by atoms with Crippen molar-refractivity contribution >= 4 is 40.7 Å². The number of nitrogens with zero attached hydrogens (tertiary/aromatic N) is 2. The van der Waals surface area contributed by atoms with Gasteiger partial charge in [0.2, 0.25) is 0 Å². The third-order valence-corrected chi connectivity index (χ3v) is 4.84. The summed E-state index contributed by atoms with van der Waals surface area (Å²) < 4.78 is 0. The van der Waals surface area contributed by atoms with Gasteiger partial charge in [0, 0.05) is 17.0 Å². The zero-order valence-electron chi connectivity index (χ0n) is 12.0. The van der Waals surface area contributed by atoms with E-state index in [0.29, 0.717) is 37.6 Å². The third kappa shape index (κ3) is 3.80. The van der Waals surface area contributed by atoms with Crippen LogP contribution in [-0.4, -0.2) is 10.8 Å². The van der Waals surface area contributed by atoms with Crippen LogP contribution in [0.1, 0.15) is 34.1 Å². The van der Waals surface area contributed by atoms with E-state index in [-0.39, 0.29) is 5.78 Å². The summed E-state index contributed by atoms with van der Waals surface area (Å²) in [6, 6.07) is 9.10. The second-order valence-electron chi connectivity index (χ2n) is 4.68. The molecule has 2 rings (SSSR count). The van der Waals surface area contributed by atoms with Crippen molar-refractivity contribution in [3.63, 3.8) is 0 Å². The summed E-state index contributed by atoms with van der Waals surface area (Å²) >= 11 is 13.3. The molecule has 0 aliphatic carbocycles. The average Bonchev–Trinajstić information content (AvgIpc) is 2.48. The van der Waals surface area contributed by atoms with Gasteiger partial charge in [0.25, 0.3) is 0 Å². The lowest BCUT2D eigenvalue weighted by Crippen LogP contribution is -2.02. The van der Waals surface area contributed by atoms with Crippen molar-refractivity contribution in [2.24, 2.45) is 0 Å². The smallest absolute Gasteiger partial charge is 0.161 e. The van der Waals surface area contributed by atoms with E-state index in [1.807, 2.05) is 6.07 Å². The van der Waals surface area contributed by atoms with Gasteiger partial charge < -0.3 is 0 Å². The van der Waals surface area contributed by atoms with Crippen LogP contribution in [0.15, 0.2) is 29.3 Å². The molecule has 0 bridgehead atoms. The Labute approximate surface area is 143 Å². The number of rotatable bonds is 4. The normalized spacial score (nSPS) is 10.3. The maximum absolute atomic E-state index is 11.5. The molecule has 1 aromatic heterocycles. The third-order valence-electron chi connectivity index (χ3n) is 3.04. The first kappa shape index (κ1) is 16.8. The minimum absolute atomic E-state index is 0.0949. The molecule has 112 valence electrons. The zero-order valence-corrected chi connectivity index (χ0v) is 14.3. The SMILES string of the molecule is CC(=O)c1cc(C#N)c(SCc2ccc(Cl)c(Cl)c2)nc1C. The Bertz CT molecular complexity index is 784. The molecule has 6 heteroatoms. The lowest BCUT2D eigenvalue weighted by Gasteiger charge is -2.08. The summed E-state index contributed by atoms with van der Waals surface area (Å²) in [7, 11) is 0. The van der Waals surface area contributed by atoms with Gasteiger partial charge in [0.1, 0.15) is 11.1 Å². The Balaban J connectivity index is 2.26. The largest absolute Gasteiger partial charge is 0.294 e. The van der Waals surface area contributed by atoms with E-state index in [1.165, 1.54) is 18.7 Å². The molecule has 0 aliphatic rings. The molecule has 0 amide bonds. The first-order valence-corrected chi connectivity index (χ1v) is 8.16. The van der Waals surface area contributed by atoms with Crippen molar-refractivity contribution in [1.29, 1.82) is 5.26 Å². The number of pyridine rings is 1. The predicted octanol–water partition coefficient (Wildman–Crippen LogP) is 5.06. The van der Waals surface area contributed by atoms with Crippen LogP contribution < -0.4 is 0 Å². The van der Waals surface area contributed by atoms with Gasteiger partial charge in [-0.15, -0.1) is 11.8 Å². The number of thioether (sulfide) groups is 1. The lowest BCUT2D eigenvalue weighted by molar-refractivity contribution is 0.101. The maximum atomic E-state index is 11.5. The monoisotopic (exact) mass is 350 g/mol. The van der Waals surface area contributed by atoms with Crippen LogP contribution in [-0.2, 0) is 5.75 Å². The average molecular weight is 351 g/mol. The summed E-state index contributed by atoms with van der Waals surface area (Å²) in [5, 5.41) is 10.9. The molecule has 22 heavy (non-hydrogen) atoms. The summed E-state index contributed by atoms with van der Waals surface area (Å²) in [4.78, 5) is 15.9. The molecule has 3 nitrogen and oxygen atoms in total. The lowest BCUT2D eigenvalue weighted by atomic mass is 10.1. The molecule has 0 radical (unpaired) electrons. The fraction of sp³-hybridized carbons (Fsp3) is 0.188. The minimum Gasteiger partial charge on any atom is -0.294 e. The molecular weight excluding hydrogens is 339 g/mol. The molecule has 1 aromatic carbocycles. The van der Waals surface area contributed by atoms with Crippen molar-refractivity contribution in [2.45, 2.75) is 24.6 Å². The number of halogens is 2. The number of carbonyl (C=O) groups is 1. The number of benzene rings is 1. The fourth-order valence-electron chi connectivity index (χ4n) is 1.91. The van der Waals surface area contributed by atoms with Crippen molar-refractivity contribution in [1.82, 2.24) is 4.98 Å². The Hall–Kier alpha value is -1.54. The predicted molar refractivity (Wildman–Crippen MR) is 89.7 cm³/mol. The second kappa shape index (κ2) is 7.15. The van der Waals surface area contributed by atoms with Gasteiger partial charge in [0.05, 0.1) is 15.6 Å². The molecular formula is C16H12Cl2N2OS. The molecule has 0 atom stereocenters. The Morgan fingerprint density at radius 2 is 2.05 bits per heavy atom. The van der Waals surface area contributed by atoms with Gasteiger partial charge in [-0.05, 0) is 37.6 Å². The first-order valence-electron chi connectivity index (χ1n) is 6.41. The molecule has 2 aromatic rings. The van der Waals surface area contributed by atoms with Crippen molar-refractivity contribution < 1.29 is 4.79 Å². The minimum atomic E-state index is -0.0949. The highest BCUT2D eigenvalue weighted by atomic mass is 35.5. The van der Waals surface area contributed by atoms with E-state index >= 15 is 0 Å². The first-order chi connectivity index (χ1) is 10.4. The number of hydrogen-bond acceptors (Lipinski definition) is 4. The van der Waals surface area contributed by atoms with E-state index in [9.17, 15) is 10.1 Å². The van der Waals surface area contributed by atoms with Crippen LogP contribution in [0.5, 0.6) is 0 Å². The van der Waals surface area contributed by atoms with E-state index in [1.54, 1.807) is 25.1 Å². The Morgan fingerprint density at radius 1 is 1.32 bits per heavy atom. The molecule has 0 unspecified atom stereocenters. The van der Waals surface area contributed by atoms with Crippen LogP contribution in [0.4, 0.5) is 0 Å². The summed E-state index contributed by atoms with van der Waals surface area (Å²) in [5.41, 5.74) is 2.50. The summed E-state index contributed by atoms with van der Waals surface area (Å²) in [5.74, 6) is 0.514. The summed E-state index contributed by atoms with van der Waals surface area (Å²) in [6.45, 7) is 3.23. The van der Waals surface area contributed by atoms with Gasteiger partial charge >= 0.3 is 0 Å². The van der Waals surface area contributed by atoms with E-state index in [4.69, 9.17) is 23.2 Å². The number of Topliss-reactive ketones (excluding diaryl/α,β-unsaturated/α-hetero) is 1.